The number of thioether (sulfide) groups is 1. The third-order valence-corrected chi connectivity index (χ3v) is 4.71. The molecular weight excluding hydrogens is 256 g/mol. The highest BCUT2D eigenvalue weighted by atomic mass is 32.2. The monoisotopic (exact) mass is 278 g/mol. The Balaban J connectivity index is 1.79. The van der Waals surface area contributed by atoms with Crippen molar-refractivity contribution in [1.82, 2.24) is 9.80 Å². The van der Waals surface area contributed by atoms with Gasteiger partial charge >= 0.3 is 0 Å². The molecule has 1 fully saturated rings. The Kier molecular flexibility index (Phi) is 5.28. The molecule has 1 amide bonds. The zero-order chi connectivity index (χ0) is 13.7. The van der Waals surface area contributed by atoms with Crippen LogP contribution in [0, 0.1) is 0 Å². The molecule has 0 aliphatic carbocycles. The predicted octanol–water partition coefficient (Wildman–Crippen LogP) is 2.08. The molecule has 4 heteroatoms. The van der Waals surface area contributed by atoms with E-state index in [9.17, 15) is 4.79 Å². The molecule has 0 spiro atoms. The summed E-state index contributed by atoms with van der Waals surface area (Å²) in [7, 11) is 2.11. The molecule has 1 aromatic carbocycles. The van der Waals surface area contributed by atoms with E-state index in [1.165, 1.54) is 5.56 Å². The number of amides is 1. The van der Waals surface area contributed by atoms with E-state index in [4.69, 9.17) is 0 Å². The van der Waals surface area contributed by atoms with Crippen molar-refractivity contribution >= 4 is 17.7 Å². The predicted molar refractivity (Wildman–Crippen MR) is 81.3 cm³/mol. The second-order valence-corrected chi connectivity index (χ2v) is 6.40. The minimum absolute atomic E-state index is 0.0450. The van der Waals surface area contributed by atoms with Crippen LogP contribution in [0.5, 0.6) is 0 Å². The lowest BCUT2D eigenvalue weighted by Crippen LogP contribution is -2.49. The second-order valence-electron chi connectivity index (χ2n) is 5.07. The molecule has 19 heavy (non-hydrogen) atoms. The number of piperazine rings is 1. The summed E-state index contributed by atoms with van der Waals surface area (Å²) in [6, 6.07) is 10.3. The molecule has 0 N–H and O–H groups in total. The summed E-state index contributed by atoms with van der Waals surface area (Å²) in [5.74, 6) is 1.19. The second kappa shape index (κ2) is 6.96. The number of nitrogens with zero attached hydrogens (tertiary/aromatic N) is 2. The van der Waals surface area contributed by atoms with Crippen LogP contribution in [0.4, 0.5) is 0 Å². The summed E-state index contributed by atoms with van der Waals surface area (Å²) in [6.07, 6.45) is 0. The van der Waals surface area contributed by atoms with Gasteiger partial charge in [0.1, 0.15) is 0 Å². The van der Waals surface area contributed by atoms with E-state index in [1.807, 2.05) is 30.0 Å². The molecule has 0 bridgehead atoms. The van der Waals surface area contributed by atoms with Crippen molar-refractivity contribution in [2.75, 3.05) is 33.2 Å². The summed E-state index contributed by atoms with van der Waals surface area (Å²) in [5, 5.41) is 0.0450. The lowest BCUT2D eigenvalue weighted by molar-refractivity contribution is -0.131. The van der Waals surface area contributed by atoms with Crippen LogP contribution >= 0.6 is 11.8 Å². The number of carbonyl (C=O) groups excluding carboxylic acids is 1. The first-order valence-electron chi connectivity index (χ1n) is 6.79. The van der Waals surface area contributed by atoms with Crippen LogP contribution in [0.2, 0.25) is 0 Å². The Bertz CT molecular complexity index is 402. The van der Waals surface area contributed by atoms with Crippen LogP contribution in [-0.2, 0) is 10.5 Å². The molecule has 0 unspecified atom stereocenters. The van der Waals surface area contributed by atoms with Crippen molar-refractivity contribution in [1.29, 1.82) is 0 Å². The van der Waals surface area contributed by atoms with Crippen molar-refractivity contribution in [3.05, 3.63) is 35.9 Å². The van der Waals surface area contributed by atoms with Gasteiger partial charge in [-0.3, -0.25) is 4.79 Å². The zero-order valence-electron chi connectivity index (χ0n) is 11.7. The van der Waals surface area contributed by atoms with Crippen LogP contribution in [-0.4, -0.2) is 54.2 Å². The van der Waals surface area contributed by atoms with Gasteiger partial charge in [0.15, 0.2) is 0 Å². The maximum Gasteiger partial charge on any atom is 0.235 e. The van der Waals surface area contributed by atoms with Gasteiger partial charge in [0.25, 0.3) is 0 Å². The number of hydrogen-bond acceptors (Lipinski definition) is 3. The Hall–Kier alpha value is -1.00. The van der Waals surface area contributed by atoms with E-state index in [0.29, 0.717) is 0 Å². The van der Waals surface area contributed by atoms with E-state index >= 15 is 0 Å². The van der Waals surface area contributed by atoms with Gasteiger partial charge in [0.05, 0.1) is 5.25 Å². The van der Waals surface area contributed by atoms with Gasteiger partial charge in [-0.05, 0) is 19.5 Å². The minimum Gasteiger partial charge on any atom is -0.339 e. The first-order valence-corrected chi connectivity index (χ1v) is 7.84. The van der Waals surface area contributed by atoms with Crippen molar-refractivity contribution in [2.45, 2.75) is 17.9 Å². The number of carbonyl (C=O) groups is 1. The van der Waals surface area contributed by atoms with Crippen LogP contribution in [0.15, 0.2) is 30.3 Å². The smallest absolute Gasteiger partial charge is 0.235 e. The highest BCUT2D eigenvalue weighted by Gasteiger charge is 2.23. The van der Waals surface area contributed by atoms with Gasteiger partial charge in [-0.1, -0.05) is 30.3 Å². The van der Waals surface area contributed by atoms with Crippen LogP contribution in [0.3, 0.4) is 0 Å². The van der Waals surface area contributed by atoms with Crippen molar-refractivity contribution in [3.8, 4) is 0 Å². The average molecular weight is 278 g/mol. The summed E-state index contributed by atoms with van der Waals surface area (Å²) < 4.78 is 0. The Morgan fingerprint density at radius 1 is 1.21 bits per heavy atom. The lowest BCUT2D eigenvalue weighted by atomic mass is 10.2. The number of hydrogen-bond donors (Lipinski definition) is 0. The molecule has 1 saturated heterocycles. The first-order chi connectivity index (χ1) is 9.16. The SMILES string of the molecule is C[C@@H](SCc1ccccc1)C(=O)N1CCN(C)CC1. The third kappa shape index (κ3) is 4.25. The summed E-state index contributed by atoms with van der Waals surface area (Å²) in [4.78, 5) is 16.6. The van der Waals surface area contributed by atoms with E-state index in [0.717, 1.165) is 31.9 Å². The largest absolute Gasteiger partial charge is 0.339 e. The highest BCUT2D eigenvalue weighted by Crippen LogP contribution is 2.19. The molecule has 1 heterocycles. The fourth-order valence-corrected chi connectivity index (χ4v) is 3.08. The van der Waals surface area contributed by atoms with Gasteiger partial charge in [-0.25, -0.2) is 0 Å². The van der Waals surface area contributed by atoms with Crippen molar-refractivity contribution in [3.63, 3.8) is 0 Å². The summed E-state index contributed by atoms with van der Waals surface area (Å²) in [5.41, 5.74) is 1.28. The molecule has 1 aliphatic heterocycles. The maximum absolute atomic E-state index is 12.3. The molecule has 2 rings (SSSR count). The molecule has 0 saturated carbocycles. The fraction of sp³-hybridized carbons (Fsp3) is 0.533. The number of rotatable bonds is 4. The van der Waals surface area contributed by atoms with E-state index in [1.54, 1.807) is 11.8 Å². The van der Waals surface area contributed by atoms with Gasteiger partial charge in [0, 0.05) is 31.9 Å². The third-order valence-electron chi connectivity index (χ3n) is 3.51. The van der Waals surface area contributed by atoms with E-state index in [-0.39, 0.29) is 11.2 Å². The Morgan fingerprint density at radius 3 is 2.47 bits per heavy atom. The molecule has 1 aromatic rings. The minimum atomic E-state index is 0.0450. The van der Waals surface area contributed by atoms with Gasteiger partial charge in [-0.15, -0.1) is 11.8 Å². The molecular formula is C15H22N2OS. The zero-order valence-corrected chi connectivity index (χ0v) is 12.5. The molecule has 1 aliphatic rings. The Morgan fingerprint density at radius 2 is 1.84 bits per heavy atom. The topological polar surface area (TPSA) is 23.6 Å². The normalized spacial score (nSPS) is 18.3. The number of benzene rings is 1. The van der Waals surface area contributed by atoms with Crippen molar-refractivity contribution < 1.29 is 4.79 Å². The molecule has 1 atom stereocenters. The van der Waals surface area contributed by atoms with Crippen LogP contribution in [0.1, 0.15) is 12.5 Å². The van der Waals surface area contributed by atoms with Crippen LogP contribution in [0.25, 0.3) is 0 Å². The van der Waals surface area contributed by atoms with Crippen LogP contribution < -0.4 is 0 Å². The van der Waals surface area contributed by atoms with Gasteiger partial charge in [-0.2, -0.15) is 0 Å². The average Bonchev–Trinajstić information content (AvgIpc) is 2.46. The van der Waals surface area contributed by atoms with E-state index < -0.39 is 0 Å². The van der Waals surface area contributed by atoms with Gasteiger partial charge in [0.2, 0.25) is 5.91 Å². The lowest BCUT2D eigenvalue weighted by Gasteiger charge is -2.33. The Labute approximate surface area is 120 Å². The molecule has 0 radical (unpaired) electrons. The quantitative estimate of drug-likeness (QED) is 0.842. The number of likely N-dealkylation sites (N-methyl/N-ethyl adjacent to an activating group) is 1. The van der Waals surface area contributed by atoms with Crippen molar-refractivity contribution in [2.24, 2.45) is 0 Å². The highest BCUT2D eigenvalue weighted by molar-refractivity contribution is 7.99. The standard InChI is InChI=1S/C15H22N2OS/c1-13(19-12-14-6-4-3-5-7-14)15(18)17-10-8-16(2)9-11-17/h3-7,13H,8-12H2,1-2H3/t13-/m1/s1. The summed E-state index contributed by atoms with van der Waals surface area (Å²) in [6.45, 7) is 5.73. The fourth-order valence-electron chi connectivity index (χ4n) is 2.15. The first kappa shape index (κ1) is 14.4. The maximum atomic E-state index is 12.3. The summed E-state index contributed by atoms with van der Waals surface area (Å²) >= 11 is 1.73. The molecule has 3 nitrogen and oxygen atoms in total. The van der Waals surface area contributed by atoms with Gasteiger partial charge < -0.3 is 9.80 Å². The van der Waals surface area contributed by atoms with E-state index in [2.05, 4.69) is 24.1 Å². The molecule has 104 valence electrons. The molecule has 0 aromatic heterocycles.